The summed E-state index contributed by atoms with van der Waals surface area (Å²) in [5, 5.41) is 2.78. The predicted octanol–water partition coefficient (Wildman–Crippen LogP) is 1.24. The topological polar surface area (TPSA) is 102 Å². The van der Waals surface area contributed by atoms with Crippen LogP contribution in [-0.2, 0) is 26.0 Å². The minimum atomic E-state index is -3.21. The standard InChI is InChI=1S/C17H26N2O5S/c1-5-17(2,3)19-15(20)12-24-16(21)14-8-6-13(7-9-14)10-11-18-25(4,22)23/h6-9,18H,5,10-12H2,1-4H3,(H,19,20). The Bertz CT molecular complexity index is 696. The molecule has 140 valence electrons. The molecule has 0 heterocycles. The number of benzene rings is 1. The highest BCUT2D eigenvalue weighted by molar-refractivity contribution is 7.88. The number of sulfonamides is 1. The Balaban J connectivity index is 2.47. The normalized spacial score (nSPS) is 11.8. The smallest absolute Gasteiger partial charge is 0.338 e. The second kappa shape index (κ2) is 8.96. The summed E-state index contributed by atoms with van der Waals surface area (Å²) in [5.41, 5.74) is 0.878. The summed E-state index contributed by atoms with van der Waals surface area (Å²) in [7, 11) is -3.21. The van der Waals surface area contributed by atoms with E-state index in [9.17, 15) is 18.0 Å². The molecule has 0 aromatic heterocycles. The van der Waals surface area contributed by atoms with Crippen LogP contribution in [0.1, 0.15) is 43.1 Å². The minimum Gasteiger partial charge on any atom is -0.452 e. The molecular weight excluding hydrogens is 344 g/mol. The van der Waals surface area contributed by atoms with Crippen LogP contribution in [0.4, 0.5) is 0 Å². The monoisotopic (exact) mass is 370 g/mol. The van der Waals surface area contributed by atoms with E-state index in [0.717, 1.165) is 18.2 Å². The lowest BCUT2D eigenvalue weighted by Gasteiger charge is -2.24. The number of carbonyl (C=O) groups is 2. The molecule has 0 spiro atoms. The van der Waals surface area contributed by atoms with Crippen molar-refractivity contribution < 1.29 is 22.7 Å². The lowest BCUT2D eigenvalue weighted by molar-refractivity contribution is -0.125. The zero-order valence-electron chi connectivity index (χ0n) is 15.1. The molecule has 0 radical (unpaired) electrons. The van der Waals surface area contributed by atoms with Gasteiger partial charge in [-0.1, -0.05) is 19.1 Å². The molecule has 0 saturated heterocycles. The molecule has 8 heteroatoms. The third kappa shape index (κ3) is 8.64. The maximum atomic E-state index is 11.9. The SMILES string of the molecule is CCC(C)(C)NC(=O)COC(=O)c1ccc(CCNS(C)(=O)=O)cc1. The van der Waals surface area contributed by atoms with Gasteiger partial charge in [0.15, 0.2) is 6.61 Å². The molecule has 1 aromatic rings. The molecule has 0 atom stereocenters. The van der Waals surface area contributed by atoms with E-state index in [-0.39, 0.29) is 24.6 Å². The van der Waals surface area contributed by atoms with Crippen LogP contribution in [0.15, 0.2) is 24.3 Å². The molecule has 7 nitrogen and oxygen atoms in total. The molecule has 0 bridgehead atoms. The fourth-order valence-electron chi connectivity index (χ4n) is 1.90. The van der Waals surface area contributed by atoms with E-state index in [1.54, 1.807) is 24.3 Å². The molecule has 0 fully saturated rings. The van der Waals surface area contributed by atoms with E-state index in [0.29, 0.717) is 12.0 Å². The van der Waals surface area contributed by atoms with Gasteiger partial charge in [-0.15, -0.1) is 0 Å². The van der Waals surface area contributed by atoms with Crippen LogP contribution >= 0.6 is 0 Å². The first kappa shape index (κ1) is 21.1. The molecule has 0 aliphatic carbocycles. The number of rotatable bonds is 9. The molecular formula is C17H26N2O5S. The fraction of sp³-hybridized carbons (Fsp3) is 0.529. The first-order valence-corrected chi connectivity index (χ1v) is 9.93. The van der Waals surface area contributed by atoms with Crippen molar-refractivity contribution in [2.24, 2.45) is 0 Å². The Labute approximate surface area is 149 Å². The average Bonchev–Trinajstić information content (AvgIpc) is 2.51. The van der Waals surface area contributed by atoms with Crippen molar-refractivity contribution in [1.82, 2.24) is 10.0 Å². The van der Waals surface area contributed by atoms with Crippen molar-refractivity contribution in [1.29, 1.82) is 0 Å². The molecule has 1 aromatic carbocycles. The maximum absolute atomic E-state index is 11.9. The van der Waals surface area contributed by atoms with Gasteiger partial charge < -0.3 is 10.1 Å². The second-order valence-electron chi connectivity index (χ2n) is 6.48. The number of esters is 1. The van der Waals surface area contributed by atoms with Gasteiger partial charge in [-0.05, 0) is 44.4 Å². The van der Waals surface area contributed by atoms with Crippen LogP contribution in [0, 0.1) is 0 Å². The van der Waals surface area contributed by atoms with Crippen LogP contribution in [0.5, 0.6) is 0 Å². The van der Waals surface area contributed by atoms with Crippen LogP contribution in [-0.4, -0.2) is 45.2 Å². The Hall–Kier alpha value is -1.93. The summed E-state index contributed by atoms with van der Waals surface area (Å²) in [4.78, 5) is 23.7. The highest BCUT2D eigenvalue weighted by Crippen LogP contribution is 2.08. The molecule has 25 heavy (non-hydrogen) atoms. The lowest BCUT2D eigenvalue weighted by Crippen LogP contribution is -2.44. The highest BCUT2D eigenvalue weighted by atomic mass is 32.2. The van der Waals surface area contributed by atoms with Crippen LogP contribution in [0.3, 0.4) is 0 Å². The van der Waals surface area contributed by atoms with Crippen LogP contribution < -0.4 is 10.0 Å². The average molecular weight is 370 g/mol. The van der Waals surface area contributed by atoms with Crippen molar-refractivity contribution in [3.05, 3.63) is 35.4 Å². The van der Waals surface area contributed by atoms with Crippen LogP contribution in [0.25, 0.3) is 0 Å². The molecule has 2 N–H and O–H groups in total. The van der Waals surface area contributed by atoms with Crippen molar-refractivity contribution >= 4 is 21.9 Å². The Morgan fingerprint density at radius 3 is 2.28 bits per heavy atom. The summed E-state index contributed by atoms with van der Waals surface area (Å²) in [5.74, 6) is -0.922. The highest BCUT2D eigenvalue weighted by Gasteiger charge is 2.19. The molecule has 1 rings (SSSR count). The zero-order chi connectivity index (χ0) is 19.1. The number of amides is 1. The number of nitrogens with one attached hydrogen (secondary N) is 2. The van der Waals surface area contributed by atoms with Crippen molar-refractivity contribution in [2.45, 2.75) is 39.2 Å². The van der Waals surface area contributed by atoms with Crippen molar-refractivity contribution in [3.8, 4) is 0 Å². The second-order valence-corrected chi connectivity index (χ2v) is 8.31. The summed E-state index contributed by atoms with van der Waals surface area (Å²) < 4.78 is 29.4. The van der Waals surface area contributed by atoms with E-state index in [1.165, 1.54) is 0 Å². The predicted molar refractivity (Wildman–Crippen MR) is 95.8 cm³/mol. The van der Waals surface area contributed by atoms with E-state index >= 15 is 0 Å². The third-order valence-corrected chi connectivity index (χ3v) is 4.39. The van der Waals surface area contributed by atoms with Gasteiger partial charge in [0.2, 0.25) is 10.0 Å². The molecule has 0 aliphatic rings. The van der Waals surface area contributed by atoms with Crippen molar-refractivity contribution in [2.75, 3.05) is 19.4 Å². The van der Waals surface area contributed by atoms with Gasteiger partial charge in [-0.25, -0.2) is 17.9 Å². The summed E-state index contributed by atoms with van der Waals surface area (Å²) in [6, 6.07) is 6.62. The van der Waals surface area contributed by atoms with E-state index in [4.69, 9.17) is 4.74 Å². The van der Waals surface area contributed by atoms with Gasteiger partial charge in [0, 0.05) is 12.1 Å². The van der Waals surface area contributed by atoms with Crippen molar-refractivity contribution in [3.63, 3.8) is 0 Å². The number of carbonyl (C=O) groups excluding carboxylic acids is 2. The van der Waals surface area contributed by atoms with Gasteiger partial charge in [0.25, 0.3) is 5.91 Å². The Morgan fingerprint density at radius 2 is 1.76 bits per heavy atom. The third-order valence-electron chi connectivity index (χ3n) is 3.66. The minimum absolute atomic E-state index is 0.288. The Morgan fingerprint density at radius 1 is 1.16 bits per heavy atom. The van der Waals surface area contributed by atoms with Crippen LogP contribution in [0.2, 0.25) is 0 Å². The number of hydrogen-bond acceptors (Lipinski definition) is 5. The van der Waals surface area contributed by atoms with Gasteiger partial charge in [-0.2, -0.15) is 0 Å². The molecule has 0 aliphatic heterocycles. The molecule has 0 unspecified atom stereocenters. The first-order chi connectivity index (χ1) is 11.5. The zero-order valence-corrected chi connectivity index (χ0v) is 15.9. The fourth-order valence-corrected chi connectivity index (χ4v) is 2.38. The Kier molecular flexibility index (Phi) is 7.57. The quantitative estimate of drug-likeness (QED) is 0.637. The van der Waals surface area contributed by atoms with Gasteiger partial charge >= 0.3 is 5.97 Å². The summed E-state index contributed by atoms with van der Waals surface area (Å²) in [6.07, 6.45) is 2.38. The molecule has 1 amide bonds. The summed E-state index contributed by atoms with van der Waals surface area (Å²) in [6.45, 7) is 5.70. The van der Waals surface area contributed by atoms with E-state index in [1.807, 2.05) is 20.8 Å². The summed E-state index contributed by atoms with van der Waals surface area (Å²) >= 11 is 0. The number of ether oxygens (including phenoxy) is 1. The lowest BCUT2D eigenvalue weighted by atomic mass is 10.0. The largest absolute Gasteiger partial charge is 0.452 e. The van der Waals surface area contributed by atoms with Gasteiger partial charge in [-0.3, -0.25) is 4.79 Å². The first-order valence-electron chi connectivity index (χ1n) is 8.04. The number of hydrogen-bond donors (Lipinski definition) is 2. The maximum Gasteiger partial charge on any atom is 0.338 e. The van der Waals surface area contributed by atoms with E-state index in [2.05, 4.69) is 10.0 Å². The molecule has 0 saturated carbocycles. The van der Waals surface area contributed by atoms with E-state index < -0.39 is 16.0 Å². The van der Waals surface area contributed by atoms with Gasteiger partial charge in [0.1, 0.15) is 0 Å². The van der Waals surface area contributed by atoms with Gasteiger partial charge in [0.05, 0.1) is 11.8 Å².